The van der Waals surface area contributed by atoms with E-state index in [-0.39, 0.29) is 6.54 Å². The van der Waals surface area contributed by atoms with Crippen LogP contribution in [0, 0.1) is 0 Å². The van der Waals surface area contributed by atoms with Crippen molar-refractivity contribution >= 4 is 5.97 Å². The van der Waals surface area contributed by atoms with Gasteiger partial charge in [-0.15, -0.1) is 0 Å². The number of hydrogen-bond acceptors (Lipinski definition) is 4. The van der Waals surface area contributed by atoms with Gasteiger partial charge in [-0.25, -0.2) is 0 Å². The summed E-state index contributed by atoms with van der Waals surface area (Å²) in [6, 6.07) is 2.61. The molecule has 0 unspecified atom stereocenters. The molecular formula is C15H23N3O3. The SMILES string of the molecule is O=C(O)Cn1ccc([C@@H]2CCCN(C3CCOCC3)C2)n1. The number of aliphatic carboxylic acids is 1. The molecule has 6 nitrogen and oxygen atoms in total. The minimum atomic E-state index is -0.850. The maximum absolute atomic E-state index is 10.7. The van der Waals surface area contributed by atoms with Gasteiger partial charge in [-0.3, -0.25) is 14.4 Å². The van der Waals surface area contributed by atoms with Crippen molar-refractivity contribution in [1.29, 1.82) is 0 Å². The first-order valence-corrected chi connectivity index (χ1v) is 7.79. The summed E-state index contributed by atoms with van der Waals surface area (Å²) in [5.74, 6) is -0.422. The molecule has 0 bridgehead atoms. The Hall–Kier alpha value is -1.40. The number of carbonyl (C=O) groups is 1. The summed E-state index contributed by atoms with van der Waals surface area (Å²) in [6.07, 6.45) is 6.36. The zero-order valence-corrected chi connectivity index (χ0v) is 12.3. The summed E-state index contributed by atoms with van der Waals surface area (Å²) in [4.78, 5) is 13.3. The molecule has 3 rings (SSSR count). The monoisotopic (exact) mass is 293 g/mol. The molecule has 0 amide bonds. The largest absolute Gasteiger partial charge is 0.480 e. The van der Waals surface area contributed by atoms with E-state index in [1.807, 2.05) is 6.07 Å². The molecule has 2 saturated heterocycles. The molecule has 3 heterocycles. The summed E-state index contributed by atoms with van der Waals surface area (Å²) < 4.78 is 6.96. The molecule has 2 aliphatic heterocycles. The summed E-state index contributed by atoms with van der Waals surface area (Å²) in [5.41, 5.74) is 1.04. The fourth-order valence-electron chi connectivity index (χ4n) is 3.45. The lowest BCUT2D eigenvalue weighted by Gasteiger charge is -2.39. The number of carboxylic acid groups (broad SMARTS) is 1. The number of likely N-dealkylation sites (tertiary alicyclic amines) is 1. The average Bonchev–Trinajstić information content (AvgIpc) is 2.96. The maximum Gasteiger partial charge on any atom is 0.325 e. The predicted octanol–water partition coefficient (Wildman–Crippen LogP) is 1.33. The lowest BCUT2D eigenvalue weighted by atomic mass is 9.92. The number of piperidine rings is 1. The smallest absolute Gasteiger partial charge is 0.325 e. The molecule has 2 aliphatic rings. The fourth-order valence-corrected chi connectivity index (χ4v) is 3.45. The highest BCUT2D eigenvalue weighted by Crippen LogP contribution is 2.28. The van der Waals surface area contributed by atoms with Crippen LogP contribution in [0.2, 0.25) is 0 Å². The first-order valence-electron chi connectivity index (χ1n) is 7.79. The van der Waals surface area contributed by atoms with Crippen molar-refractivity contribution in [2.24, 2.45) is 0 Å². The van der Waals surface area contributed by atoms with Crippen molar-refractivity contribution in [2.45, 2.75) is 44.2 Å². The van der Waals surface area contributed by atoms with Gasteiger partial charge in [0, 0.05) is 37.9 Å². The Balaban J connectivity index is 1.62. The molecule has 2 fully saturated rings. The Bertz CT molecular complexity index is 482. The van der Waals surface area contributed by atoms with Gasteiger partial charge in [0.1, 0.15) is 6.54 Å². The number of carboxylic acids is 1. The molecule has 0 radical (unpaired) electrons. The third-order valence-corrected chi connectivity index (χ3v) is 4.54. The van der Waals surface area contributed by atoms with Gasteiger partial charge >= 0.3 is 5.97 Å². The molecule has 1 N–H and O–H groups in total. The van der Waals surface area contributed by atoms with Crippen LogP contribution >= 0.6 is 0 Å². The van der Waals surface area contributed by atoms with Gasteiger partial charge in [0.15, 0.2) is 0 Å². The van der Waals surface area contributed by atoms with Crippen LogP contribution in [-0.4, -0.2) is 58.1 Å². The second kappa shape index (κ2) is 6.58. The Morgan fingerprint density at radius 1 is 1.38 bits per heavy atom. The van der Waals surface area contributed by atoms with E-state index >= 15 is 0 Å². The van der Waals surface area contributed by atoms with E-state index in [0.29, 0.717) is 12.0 Å². The Labute approximate surface area is 124 Å². The van der Waals surface area contributed by atoms with Gasteiger partial charge in [-0.05, 0) is 38.3 Å². The Morgan fingerprint density at radius 3 is 2.95 bits per heavy atom. The quantitative estimate of drug-likeness (QED) is 0.907. The van der Waals surface area contributed by atoms with Crippen molar-refractivity contribution in [3.63, 3.8) is 0 Å². The van der Waals surface area contributed by atoms with E-state index in [4.69, 9.17) is 9.84 Å². The number of aromatic nitrogens is 2. The highest BCUT2D eigenvalue weighted by atomic mass is 16.5. The van der Waals surface area contributed by atoms with Gasteiger partial charge in [-0.1, -0.05) is 0 Å². The molecular weight excluding hydrogens is 270 g/mol. The van der Waals surface area contributed by atoms with Crippen molar-refractivity contribution in [1.82, 2.24) is 14.7 Å². The van der Waals surface area contributed by atoms with Crippen LogP contribution in [0.25, 0.3) is 0 Å². The molecule has 1 aromatic rings. The van der Waals surface area contributed by atoms with Crippen LogP contribution in [-0.2, 0) is 16.1 Å². The molecule has 21 heavy (non-hydrogen) atoms. The summed E-state index contributed by atoms with van der Waals surface area (Å²) in [7, 11) is 0. The van der Waals surface area contributed by atoms with Gasteiger partial charge in [0.05, 0.1) is 5.69 Å². The number of hydrogen-bond donors (Lipinski definition) is 1. The highest BCUT2D eigenvalue weighted by molar-refractivity contribution is 5.66. The van der Waals surface area contributed by atoms with Gasteiger partial charge in [0.25, 0.3) is 0 Å². The summed E-state index contributed by atoms with van der Waals surface area (Å²) >= 11 is 0. The van der Waals surface area contributed by atoms with Crippen molar-refractivity contribution in [3.8, 4) is 0 Å². The standard InChI is InChI=1S/C15H23N3O3/c19-15(20)11-18-7-3-14(16-18)12-2-1-6-17(10-12)13-4-8-21-9-5-13/h3,7,12-13H,1-2,4-6,8-11H2,(H,19,20)/t12-/m1/s1. The minimum Gasteiger partial charge on any atom is -0.480 e. The van der Waals surface area contributed by atoms with E-state index in [0.717, 1.165) is 51.3 Å². The fraction of sp³-hybridized carbons (Fsp3) is 0.733. The third-order valence-electron chi connectivity index (χ3n) is 4.54. The van der Waals surface area contributed by atoms with Crippen LogP contribution < -0.4 is 0 Å². The lowest BCUT2D eigenvalue weighted by molar-refractivity contribution is -0.137. The van der Waals surface area contributed by atoms with Crippen LogP contribution in [0.15, 0.2) is 12.3 Å². The number of nitrogens with zero attached hydrogens (tertiary/aromatic N) is 3. The van der Waals surface area contributed by atoms with Crippen molar-refractivity contribution < 1.29 is 14.6 Å². The molecule has 0 aromatic carbocycles. The third kappa shape index (κ3) is 3.63. The molecule has 1 aromatic heterocycles. The molecule has 1 atom stereocenters. The second-order valence-corrected chi connectivity index (χ2v) is 6.01. The molecule has 0 spiro atoms. The Kier molecular flexibility index (Phi) is 4.55. The first-order chi connectivity index (χ1) is 10.2. The van der Waals surface area contributed by atoms with Gasteiger partial charge < -0.3 is 9.84 Å². The predicted molar refractivity (Wildman–Crippen MR) is 77.3 cm³/mol. The molecule has 6 heteroatoms. The number of rotatable bonds is 4. The van der Waals surface area contributed by atoms with Crippen LogP contribution in [0.4, 0.5) is 0 Å². The zero-order valence-electron chi connectivity index (χ0n) is 12.3. The van der Waals surface area contributed by atoms with E-state index in [1.54, 1.807) is 6.20 Å². The van der Waals surface area contributed by atoms with E-state index < -0.39 is 5.97 Å². The van der Waals surface area contributed by atoms with Crippen molar-refractivity contribution in [3.05, 3.63) is 18.0 Å². The van der Waals surface area contributed by atoms with Gasteiger partial charge in [0.2, 0.25) is 0 Å². The molecule has 0 saturated carbocycles. The topological polar surface area (TPSA) is 67.6 Å². The van der Waals surface area contributed by atoms with Crippen LogP contribution in [0.3, 0.4) is 0 Å². The normalized spacial score (nSPS) is 25.0. The lowest BCUT2D eigenvalue weighted by Crippen LogP contribution is -2.44. The van der Waals surface area contributed by atoms with E-state index in [2.05, 4.69) is 10.00 Å². The van der Waals surface area contributed by atoms with E-state index in [9.17, 15) is 4.79 Å². The first kappa shape index (κ1) is 14.5. The summed E-state index contributed by atoms with van der Waals surface area (Å²) in [5, 5.41) is 13.3. The summed E-state index contributed by atoms with van der Waals surface area (Å²) in [6.45, 7) is 3.89. The van der Waals surface area contributed by atoms with Crippen LogP contribution in [0.5, 0.6) is 0 Å². The molecule has 0 aliphatic carbocycles. The minimum absolute atomic E-state index is 0.0591. The zero-order chi connectivity index (χ0) is 14.7. The average molecular weight is 293 g/mol. The highest BCUT2D eigenvalue weighted by Gasteiger charge is 2.28. The van der Waals surface area contributed by atoms with Gasteiger partial charge in [-0.2, -0.15) is 5.10 Å². The maximum atomic E-state index is 10.7. The van der Waals surface area contributed by atoms with Crippen molar-refractivity contribution in [2.75, 3.05) is 26.3 Å². The van der Waals surface area contributed by atoms with Crippen LogP contribution in [0.1, 0.15) is 37.3 Å². The Morgan fingerprint density at radius 2 is 2.19 bits per heavy atom. The second-order valence-electron chi connectivity index (χ2n) is 6.01. The van der Waals surface area contributed by atoms with E-state index in [1.165, 1.54) is 11.1 Å². The number of ether oxygens (including phenoxy) is 1. The molecule has 116 valence electrons.